The molecule has 0 bridgehead atoms. The van der Waals surface area contributed by atoms with E-state index in [1.54, 1.807) is 0 Å². The Morgan fingerprint density at radius 2 is 2.36 bits per heavy atom. The number of nitrogens with one attached hydrogen (secondary N) is 1. The zero-order chi connectivity index (χ0) is 10.6. The molecule has 1 rings (SSSR count). The zero-order valence-electron chi connectivity index (χ0n) is 7.10. The van der Waals surface area contributed by atoms with Gasteiger partial charge in [-0.25, -0.2) is 9.59 Å². The van der Waals surface area contributed by atoms with E-state index in [9.17, 15) is 14.4 Å². The minimum atomic E-state index is -0.803. The van der Waals surface area contributed by atoms with E-state index < -0.39 is 23.9 Å². The molecule has 1 heterocycles. The monoisotopic (exact) mass is 197 g/mol. The van der Waals surface area contributed by atoms with Crippen LogP contribution in [0.2, 0.25) is 0 Å². The minimum absolute atomic E-state index is 0.00407. The largest absolute Gasteiger partial charge is 0.415 e. The second-order valence-corrected chi connectivity index (χ2v) is 2.66. The van der Waals surface area contributed by atoms with E-state index >= 15 is 0 Å². The van der Waals surface area contributed by atoms with Gasteiger partial charge in [0, 0.05) is 6.42 Å². The number of rotatable bonds is 4. The van der Waals surface area contributed by atoms with Crippen molar-refractivity contribution in [3.8, 4) is 0 Å². The topological polar surface area (TPSA) is 109 Å². The first-order chi connectivity index (χ1) is 6.63. The van der Waals surface area contributed by atoms with E-state index in [4.69, 9.17) is 5.53 Å². The Bertz CT molecular complexity index is 332. The van der Waals surface area contributed by atoms with E-state index in [2.05, 4.69) is 14.8 Å². The standard InChI is InChI=1S/C7H7N3O4/c8-9-3-4(11)1-2-5-6(12)14-7(13)10-5/h3,5H,1-2H2,(H,10,13)/t5-/m0/s1. The second-order valence-electron chi connectivity index (χ2n) is 2.66. The number of ether oxygens (including phenoxy) is 1. The lowest BCUT2D eigenvalue weighted by Gasteiger charge is -2.00. The molecule has 1 aliphatic heterocycles. The fourth-order valence-electron chi connectivity index (χ4n) is 0.999. The summed E-state index contributed by atoms with van der Waals surface area (Å²) in [6.07, 6.45) is 0.0741. The average Bonchev–Trinajstić information content (AvgIpc) is 2.42. The number of alkyl carbamates (subject to hydrolysis) is 1. The lowest BCUT2D eigenvalue weighted by Crippen LogP contribution is -2.29. The molecule has 1 fully saturated rings. The van der Waals surface area contributed by atoms with Crippen LogP contribution >= 0.6 is 0 Å². The highest BCUT2D eigenvalue weighted by Gasteiger charge is 2.32. The number of cyclic esters (lactones) is 2. The smallest absolute Gasteiger partial charge is 0.375 e. The molecule has 1 aliphatic rings. The highest BCUT2D eigenvalue weighted by Crippen LogP contribution is 2.06. The van der Waals surface area contributed by atoms with Crippen molar-refractivity contribution in [2.45, 2.75) is 18.9 Å². The van der Waals surface area contributed by atoms with Gasteiger partial charge in [-0.15, -0.1) is 0 Å². The van der Waals surface area contributed by atoms with E-state index in [1.807, 2.05) is 0 Å². The zero-order valence-corrected chi connectivity index (χ0v) is 7.10. The maximum atomic E-state index is 10.9. The predicted molar refractivity (Wildman–Crippen MR) is 42.3 cm³/mol. The van der Waals surface area contributed by atoms with E-state index in [-0.39, 0.29) is 12.8 Å². The Hall–Kier alpha value is -2.01. The number of amides is 1. The maximum Gasteiger partial charge on any atom is 0.415 e. The average molecular weight is 197 g/mol. The molecular formula is C7H7N3O4. The molecule has 7 nitrogen and oxygen atoms in total. The van der Waals surface area contributed by atoms with Crippen LogP contribution in [0.3, 0.4) is 0 Å². The molecule has 1 saturated heterocycles. The maximum absolute atomic E-state index is 10.9. The molecule has 0 aromatic rings. The lowest BCUT2D eigenvalue weighted by atomic mass is 10.1. The van der Waals surface area contributed by atoms with Gasteiger partial charge >= 0.3 is 18.3 Å². The highest BCUT2D eigenvalue weighted by molar-refractivity contribution is 6.25. The van der Waals surface area contributed by atoms with Gasteiger partial charge in [-0.05, 0) is 6.42 Å². The van der Waals surface area contributed by atoms with Crippen molar-refractivity contribution >= 4 is 24.1 Å². The third-order valence-electron chi connectivity index (χ3n) is 1.65. The molecular weight excluding hydrogens is 190 g/mol. The number of hydrogen-bond acceptors (Lipinski definition) is 4. The molecule has 1 atom stereocenters. The van der Waals surface area contributed by atoms with Gasteiger partial charge in [-0.3, -0.25) is 4.79 Å². The summed E-state index contributed by atoms with van der Waals surface area (Å²) < 4.78 is 4.18. The molecule has 0 radical (unpaired) electrons. The molecule has 7 heteroatoms. The Morgan fingerprint density at radius 3 is 2.86 bits per heavy atom. The van der Waals surface area contributed by atoms with E-state index in [1.165, 1.54) is 0 Å². The Kier molecular flexibility index (Phi) is 3.09. The van der Waals surface area contributed by atoms with Gasteiger partial charge in [0.2, 0.25) is 5.78 Å². The summed E-state index contributed by atoms with van der Waals surface area (Å²) >= 11 is 0. The number of carbonyl (C=O) groups is 3. The van der Waals surface area contributed by atoms with Crippen LogP contribution in [0, 0.1) is 0 Å². The van der Waals surface area contributed by atoms with Gasteiger partial charge in [0.15, 0.2) is 0 Å². The fourth-order valence-corrected chi connectivity index (χ4v) is 0.999. The van der Waals surface area contributed by atoms with Gasteiger partial charge in [-0.1, -0.05) is 0 Å². The number of esters is 1. The van der Waals surface area contributed by atoms with Crippen LogP contribution in [0.5, 0.6) is 0 Å². The minimum Gasteiger partial charge on any atom is -0.375 e. The van der Waals surface area contributed by atoms with Gasteiger partial charge in [-0.2, -0.15) is 4.79 Å². The van der Waals surface area contributed by atoms with Gasteiger partial charge < -0.3 is 15.6 Å². The van der Waals surface area contributed by atoms with E-state index in [0.29, 0.717) is 0 Å². The molecule has 0 aromatic carbocycles. The summed E-state index contributed by atoms with van der Waals surface area (Å²) in [5.74, 6) is -1.12. The summed E-state index contributed by atoms with van der Waals surface area (Å²) in [6, 6.07) is -0.779. The quantitative estimate of drug-likeness (QED) is 0.210. The van der Waals surface area contributed by atoms with Crippen molar-refractivity contribution < 1.29 is 23.9 Å². The number of Topliss-reactive ketones (excluding diaryl/α,β-unsaturated/α-hetero) is 1. The fraction of sp³-hybridized carbons (Fsp3) is 0.429. The van der Waals surface area contributed by atoms with Crippen molar-refractivity contribution in [1.29, 1.82) is 0 Å². The van der Waals surface area contributed by atoms with Crippen LogP contribution in [-0.2, 0) is 14.3 Å². The van der Waals surface area contributed by atoms with Gasteiger partial charge in [0.25, 0.3) is 0 Å². The van der Waals surface area contributed by atoms with Crippen molar-refractivity contribution in [3.05, 3.63) is 5.53 Å². The summed E-state index contributed by atoms with van der Waals surface area (Å²) in [5.41, 5.74) is 8.01. The van der Waals surface area contributed by atoms with Crippen LogP contribution in [0.25, 0.3) is 5.53 Å². The molecule has 1 amide bonds. The summed E-state index contributed by atoms with van der Waals surface area (Å²) in [6.45, 7) is 0. The van der Waals surface area contributed by atoms with Crippen LogP contribution < -0.4 is 5.32 Å². The first-order valence-electron chi connectivity index (χ1n) is 3.86. The predicted octanol–water partition coefficient (Wildman–Crippen LogP) is -0.729. The highest BCUT2D eigenvalue weighted by atomic mass is 16.6. The number of nitrogens with zero attached hydrogens (tertiary/aromatic N) is 2. The van der Waals surface area contributed by atoms with Crippen molar-refractivity contribution in [2.75, 3.05) is 0 Å². The van der Waals surface area contributed by atoms with Crippen LogP contribution in [0.1, 0.15) is 12.8 Å². The Morgan fingerprint density at radius 1 is 1.64 bits per heavy atom. The molecule has 74 valence electrons. The molecule has 0 saturated carbocycles. The Labute approximate surface area is 78.7 Å². The lowest BCUT2D eigenvalue weighted by molar-refractivity contribution is -0.135. The number of hydrogen-bond donors (Lipinski definition) is 1. The van der Waals surface area contributed by atoms with Gasteiger partial charge in [0.05, 0.1) is 0 Å². The third kappa shape index (κ3) is 2.49. The molecule has 0 spiro atoms. The van der Waals surface area contributed by atoms with Crippen LogP contribution in [-0.4, -0.2) is 34.9 Å². The summed E-state index contributed by atoms with van der Waals surface area (Å²) in [4.78, 5) is 34.7. The van der Waals surface area contributed by atoms with Gasteiger partial charge in [0.1, 0.15) is 6.04 Å². The summed E-state index contributed by atoms with van der Waals surface area (Å²) in [5, 5.41) is 2.23. The molecule has 14 heavy (non-hydrogen) atoms. The van der Waals surface area contributed by atoms with Crippen molar-refractivity contribution in [2.24, 2.45) is 0 Å². The summed E-state index contributed by atoms with van der Waals surface area (Å²) in [7, 11) is 0. The van der Waals surface area contributed by atoms with Crippen molar-refractivity contribution in [3.63, 3.8) is 0 Å². The molecule has 1 N–H and O–H groups in total. The van der Waals surface area contributed by atoms with E-state index in [0.717, 1.165) is 6.21 Å². The SMILES string of the molecule is [N-]=[N+]=CC(=O)CC[C@@H]1NC(=O)OC1=O. The third-order valence-corrected chi connectivity index (χ3v) is 1.65. The molecule has 0 unspecified atom stereocenters. The normalized spacial score (nSPS) is 19.6. The first-order valence-corrected chi connectivity index (χ1v) is 3.86. The number of ketones is 1. The Balaban J connectivity index is 2.39. The first kappa shape index (κ1) is 10.1. The van der Waals surface area contributed by atoms with Crippen LogP contribution in [0.15, 0.2) is 0 Å². The second kappa shape index (κ2) is 4.29. The van der Waals surface area contributed by atoms with Crippen LogP contribution in [0.4, 0.5) is 4.79 Å². The molecule has 0 aliphatic carbocycles. The number of carbonyl (C=O) groups excluding carboxylic acids is 3. The van der Waals surface area contributed by atoms with Crippen molar-refractivity contribution in [1.82, 2.24) is 5.32 Å². The molecule has 0 aromatic heterocycles.